The van der Waals surface area contributed by atoms with Crippen molar-refractivity contribution in [3.8, 4) is 0 Å². The van der Waals surface area contributed by atoms with Crippen LogP contribution in [0.3, 0.4) is 0 Å². The van der Waals surface area contributed by atoms with Crippen LogP contribution >= 0.6 is 0 Å². The molecule has 1 aromatic heterocycles. The minimum Gasteiger partial charge on any atom is -0.465 e. The monoisotopic (exact) mass is 308 g/mol. The summed E-state index contributed by atoms with van der Waals surface area (Å²) in [4.78, 5) is 24.3. The molecule has 1 amide bonds. The second-order valence-electron chi connectivity index (χ2n) is 6.71. The van der Waals surface area contributed by atoms with Gasteiger partial charge in [-0.3, -0.25) is 4.79 Å². The highest BCUT2D eigenvalue weighted by atomic mass is 16.5. The Morgan fingerprint density at radius 3 is 2.73 bits per heavy atom. The molecule has 1 saturated carbocycles. The Labute approximate surface area is 129 Å². The topological polar surface area (TPSA) is 86.5 Å². The Morgan fingerprint density at radius 1 is 1.32 bits per heavy atom. The number of amides is 1. The van der Waals surface area contributed by atoms with Gasteiger partial charge in [-0.05, 0) is 25.2 Å². The van der Waals surface area contributed by atoms with Gasteiger partial charge in [-0.2, -0.15) is 5.16 Å². The number of hydrogen-bond acceptors (Lipinski definition) is 3. The average molecular weight is 308 g/mol. The number of carbonyl (C=O) groups is 1. The molecule has 6 nitrogen and oxygen atoms in total. The minimum absolute atomic E-state index is 0.0413. The van der Waals surface area contributed by atoms with Crippen molar-refractivity contribution in [2.75, 3.05) is 6.54 Å². The lowest BCUT2D eigenvalue weighted by Gasteiger charge is -2.39. The third-order valence-electron chi connectivity index (χ3n) is 5.24. The van der Waals surface area contributed by atoms with Gasteiger partial charge in [0.05, 0.1) is 0 Å². The van der Waals surface area contributed by atoms with Gasteiger partial charge < -0.3 is 14.5 Å². The zero-order valence-corrected chi connectivity index (χ0v) is 12.8. The number of likely N-dealkylation sites (tertiary alicyclic amines) is 1. The zero-order valence-electron chi connectivity index (χ0n) is 12.8. The number of rotatable bonds is 3. The first-order chi connectivity index (χ1) is 10.6. The van der Waals surface area contributed by atoms with E-state index in [0.717, 1.165) is 12.8 Å². The zero-order chi connectivity index (χ0) is 15.5. The van der Waals surface area contributed by atoms with Gasteiger partial charge >= 0.3 is 6.09 Å². The molecule has 2 unspecified atom stereocenters. The summed E-state index contributed by atoms with van der Waals surface area (Å²) in [7, 11) is 0. The molecule has 0 bridgehead atoms. The first-order valence-corrected chi connectivity index (χ1v) is 8.31. The third kappa shape index (κ3) is 3.36. The molecule has 1 saturated heterocycles. The smallest absolute Gasteiger partial charge is 0.407 e. The van der Waals surface area contributed by atoms with E-state index in [9.17, 15) is 14.7 Å². The minimum atomic E-state index is -0.824. The van der Waals surface area contributed by atoms with Gasteiger partial charge in [0, 0.05) is 24.6 Å². The van der Waals surface area contributed by atoms with Crippen molar-refractivity contribution < 1.29 is 14.4 Å². The number of hydrogen-bond donors (Lipinski definition) is 2. The first kappa shape index (κ1) is 15.2. The molecule has 2 atom stereocenters. The van der Waals surface area contributed by atoms with Crippen LogP contribution < -0.4 is 5.56 Å². The number of aromatic nitrogens is 1. The summed E-state index contributed by atoms with van der Waals surface area (Å²) in [6.45, 7) is 0.520. The summed E-state index contributed by atoms with van der Waals surface area (Å²) in [6.07, 6.45) is 7.86. The number of carboxylic acid groups (broad SMARTS) is 1. The molecule has 6 heteroatoms. The molecule has 1 aliphatic heterocycles. The highest BCUT2D eigenvalue weighted by Gasteiger charge is 2.35. The van der Waals surface area contributed by atoms with Gasteiger partial charge in [-0.15, -0.1) is 0 Å². The number of H-pyrrole nitrogens is 1. The highest BCUT2D eigenvalue weighted by molar-refractivity contribution is 5.65. The van der Waals surface area contributed by atoms with E-state index in [1.165, 1.54) is 38.2 Å². The van der Waals surface area contributed by atoms with Crippen LogP contribution in [0, 0.1) is 5.92 Å². The fourth-order valence-electron chi connectivity index (χ4n) is 4.09. The molecule has 2 N–H and O–H groups in total. The maximum absolute atomic E-state index is 11.5. The van der Waals surface area contributed by atoms with Crippen LogP contribution in [-0.4, -0.2) is 33.8 Å². The normalized spacial score (nSPS) is 27.0. The van der Waals surface area contributed by atoms with Crippen molar-refractivity contribution >= 4 is 6.09 Å². The van der Waals surface area contributed by atoms with Crippen LogP contribution in [0.25, 0.3) is 0 Å². The van der Waals surface area contributed by atoms with Crippen molar-refractivity contribution in [3.05, 3.63) is 22.2 Å². The van der Waals surface area contributed by atoms with Gasteiger partial charge in [0.15, 0.2) is 0 Å². The summed E-state index contributed by atoms with van der Waals surface area (Å²) >= 11 is 0. The van der Waals surface area contributed by atoms with Crippen LogP contribution in [0.5, 0.6) is 0 Å². The van der Waals surface area contributed by atoms with E-state index < -0.39 is 6.09 Å². The Bertz CT molecular complexity index is 558. The molecule has 1 aliphatic carbocycles. The van der Waals surface area contributed by atoms with E-state index in [-0.39, 0.29) is 17.5 Å². The van der Waals surface area contributed by atoms with E-state index in [1.54, 1.807) is 4.90 Å². The van der Waals surface area contributed by atoms with Gasteiger partial charge in [0.25, 0.3) is 5.56 Å². The third-order valence-corrected chi connectivity index (χ3v) is 5.24. The molecule has 2 heterocycles. The predicted octanol–water partition coefficient (Wildman–Crippen LogP) is 3.16. The van der Waals surface area contributed by atoms with Crippen LogP contribution in [-0.2, 0) is 0 Å². The Hall–Kier alpha value is -1.72. The molecular formula is C16H24N2O4. The maximum Gasteiger partial charge on any atom is 0.407 e. The fourth-order valence-corrected chi connectivity index (χ4v) is 4.09. The van der Waals surface area contributed by atoms with E-state index >= 15 is 0 Å². The molecular weight excluding hydrogens is 284 g/mol. The largest absolute Gasteiger partial charge is 0.465 e. The average Bonchev–Trinajstić information content (AvgIpc) is 2.94. The maximum atomic E-state index is 11.5. The number of piperidine rings is 1. The summed E-state index contributed by atoms with van der Waals surface area (Å²) in [5.41, 5.74) is -0.223. The van der Waals surface area contributed by atoms with E-state index in [2.05, 4.69) is 5.16 Å². The fraction of sp³-hybridized carbons (Fsp3) is 0.750. The summed E-state index contributed by atoms with van der Waals surface area (Å²) < 4.78 is 5.23. The second kappa shape index (κ2) is 6.58. The lowest BCUT2D eigenvalue weighted by Crippen LogP contribution is -2.46. The molecule has 0 radical (unpaired) electrons. The van der Waals surface area contributed by atoms with Gasteiger partial charge in [-0.1, -0.05) is 32.1 Å². The number of nitrogens with one attached hydrogen (secondary N) is 1. The van der Waals surface area contributed by atoms with Gasteiger partial charge in [-0.25, -0.2) is 4.79 Å². The molecule has 22 heavy (non-hydrogen) atoms. The summed E-state index contributed by atoms with van der Waals surface area (Å²) in [5.74, 6) is 1.45. The van der Waals surface area contributed by atoms with Crippen molar-refractivity contribution in [2.24, 2.45) is 5.92 Å². The molecule has 2 aliphatic rings. The van der Waals surface area contributed by atoms with E-state index in [4.69, 9.17) is 4.52 Å². The molecule has 2 fully saturated rings. The molecule has 0 spiro atoms. The van der Waals surface area contributed by atoms with Crippen molar-refractivity contribution in [2.45, 2.75) is 63.3 Å². The van der Waals surface area contributed by atoms with Gasteiger partial charge in [0.2, 0.25) is 0 Å². The Balaban J connectivity index is 1.69. The van der Waals surface area contributed by atoms with Gasteiger partial charge in [0.1, 0.15) is 5.76 Å². The molecule has 1 aromatic rings. The number of nitrogens with zero attached hydrogens (tertiary/aromatic N) is 1. The predicted molar refractivity (Wildman–Crippen MR) is 81.0 cm³/mol. The standard InChI is InChI=1S/C16H24N2O4/c19-15-10-14(22-17-15)12-6-7-18(16(20)21)13(9-12)8-11-4-2-1-3-5-11/h10-13H,1-9H2,(H,17,19)(H,20,21). The second-order valence-corrected chi connectivity index (χ2v) is 6.71. The molecule has 3 rings (SSSR count). The SMILES string of the molecule is O=C(O)N1CCC(c2cc(=O)[nH]o2)CC1CC1CCCCC1. The quantitative estimate of drug-likeness (QED) is 0.898. The van der Waals surface area contributed by atoms with Crippen molar-refractivity contribution in [1.29, 1.82) is 0 Å². The van der Waals surface area contributed by atoms with Crippen LogP contribution in [0.1, 0.15) is 63.0 Å². The Kier molecular flexibility index (Phi) is 4.55. The molecule has 0 aromatic carbocycles. The lowest BCUT2D eigenvalue weighted by atomic mass is 9.80. The highest BCUT2D eigenvalue weighted by Crippen LogP contribution is 2.36. The summed E-state index contributed by atoms with van der Waals surface area (Å²) in [5, 5.41) is 11.8. The lowest BCUT2D eigenvalue weighted by molar-refractivity contribution is 0.0831. The van der Waals surface area contributed by atoms with Crippen LogP contribution in [0.15, 0.2) is 15.4 Å². The van der Waals surface area contributed by atoms with E-state index in [0.29, 0.717) is 24.6 Å². The first-order valence-electron chi connectivity index (χ1n) is 8.31. The van der Waals surface area contributed by atoms with Crippen molar-refractivity contribution in [1.82, 2.24) is 10.1 Å². The summed E-state index contributed by atoms with van der Waals surface area (Å²) in [6, 6.07) is 1.54. The van der Waals surface area contributed by atoms with Crippen molar-refractivity contribution in [3.63, 3.8) is 0 Å². The van der Waals surface area contributed by atoms with E-state index in [1.807, 2.05) is 0 Å². The Morgan fingerprint density at radius 2 is 2.09 bits per heavy atom. The number of aromatic amines is 1. The van der Waals surface area contributed by atoms with Crippen LogP contribution in [0.4, 0.5) is 4.79 Å². The van der Waals surface area contributed by atoms with Crippen LogP contribution in [0.2, 0.25) is 0 Å². The molecule has 122 valence electrons.